The number of nitrogens with zero attached hydrogens (tertiary/aromatic N) is 1. The Kier molecular flexibility index (Phi) is 3.24. The second-order valence-electron chi connectivity index (χ2n) is 7.73. The zero-order valence-electron chi connectivity index (χ0n) is 15.4. The van der Waals surface area contributed by atoms with Crippen LogP contribution in [0.2, 0.25) is 0 Å². The van der Waals surface area contributed by atoms with E-state index in [-0.39, 0.29) is 5.60 Å². The van der Waals surface area contributed by atoms with Crippen molar-refractivity contribution in [3.8, 4) is 16.9 Å². The van der Waals surface area contributed by atoms with Gasteiger partial charge >= 0.3 is 0 Å². The van der Waals surface area contributed by atoms with E-state index in [1.165, 1.54) is 27.6 Å². The smallest absolute Gasteiger partial charge is 0.154 e. The first kappa shape index (κ1) is 15.6. The summed E-state index contributed by atoms with van der Waals surface area (Å²) in [5, 5.41) is 2.33. The van der Waals surface area contributed by atoms with Crippen molar-refractivity contribution in [2.45, 2.75) is 18.4 Å². The zero-order valence-corrected chi connectivity index (χ0v) is 15.4. The average molecular weight is 361 g/mol. The molecule has 2 heteroatoms. The molecule has 6 rings (SSSR count). The van der Waals surface area contributed by atoms with Crippen LogP contribution in [0.15, 0.2) is 89.9 Å². The lowest BCUT2D eigenvalue weighted by molar-refractivity contribution is 0.157. The Balaban J connectivity index is 1.52. The van der Waals surface area contributed by atoms with Crippen LogP contribution in [-0.2, 0) is 12.8 Å². The van der Waals surface area contributed by atoms with Gasteiger partial charge in [0, 0.05) is 24.4 Å². The summed E-state index contributed by atoms with van der Waals surface area (Å²) in [6, 6.07) is 29.8. The van der Waals surface area contributed by atoms with E-state index < -0.39 is 0 Å². The normalized spacial score (nSPS) is 16.0. The summed E-state index contributed by atoms with van der Waals surface area (Å²) in [7, 11) is 0. The van der Waals surface area contributed by atoms with Crippen molar-refractivity contribution in [3.05, 3.63) is 96.1 Å². The molecular formula is C26H19NO. The third kappa shape index (κ3) is 2.31. The summed E-state index contributed by atoms with van der Waals surface area (Å²) in [5.74, 6) is 0.908. The van der Waals surface area contributed by atoms with Gasteiger partial charge in [-0.15, -0.1) is 0 Å². The van der Waals surface area contributed by atoms with E-state index in [2.05, 4.69) is 78.9 Å². The van der Waals surface area contributed by atoms with Crippen LogP contribution >= 0.6 is 0 Å². The third-order valence-corrected chi connectivity index (χ3v) is 5.90. The van der Waals surface area contributed by atoms with Crippen molar-refractivity contribution in [2.24, 2.45) is 4.99 Å². The minimum absolute atomic E-state index is 0.367. The molecule has 2 nitrogen and oxygen atoms in total. The standard InChI is InChI=1S/C26H19NO/c1-2-8-18(9-3-1)23-14-24-25(22-13-7-6-12-21(22)23)28-26(17-27-24)15-19-10-4-5-11-20(19)16-26/h1-14,17H,15-16H2. The van der Waals surface area contributed by atoms with E-state index in [9.17, 15) is 0 Å². The molecule has 1 aliphatic heterocycles. The van der Waals surface area contributed by atoms with Crippen molar-refractivity contribution in [2.75, 3.05) is 0 Å². The summed E-state index contributed by atoms with van der Waals surface area (Å²) >= 11 is 0. The fourth-order valence-corrected chi connectivity index (χ4v) is 4.58. The van der Waals surface area contributed by atoms with Crippen LogP contribution < -0.4 is 4.74 Å². The topological polar surface area (TPSA) is 21.6 Å². The van der Waals surface area contributed by atoms with Gasteiger partial charge in [-0.05, 0) is 33.7 Å². The highest BCUT2D eigenvalue weighted by atomic mass is 16.5. The van der Waals surface area contributed by atoms with Gasteiger partial charge in [-0.3, -0.25) is 4.99 Å². The third-order valence-electron chi connectivity index (χ3n) is 5.90. The highest BCUT2D eigenvalue weighted by molar-refractivity contribution is 6.04. The Bertz CT molecular complexity index is 1220. The van der Waals surface area contributed by atoms with Crippen molar-refractivity contribution in [1.82, 2.24) is 0 Å². The van der Waals surface area contributed by atoms with Gasteiger partial charge in [0.05, 0.1) is 0 Å². The van der Waals surface area contributed by atoms with Gasteiger partial charge in [-0.1, -0.05) is 78.9 Å². The first-order valence-corrected chi connectivity index (χ1v) is 9.74. The molecule has 0 radical (unpaired) electrons. The highest BCUT2D eigenvalue weighted by Crippen LogP contribution is 2.47. The zero-order chi connectivity index (χ0) is 18.6. The summed E-state index contributed by atoms with van der Waals surface area (Å²) in [6.07, 6.45) is 3.78. The summed E-state index contributed by atoms with van der Waals surface area (Å²) in [6.45, 7) is 0. The lowest BCUT2D eigenvalue weighted by Crippen LogP contribution is -2.40. The molecule has 0 saturated heterocycles. The summed E-state index contributed by atoms with van der Waals surface area (Å²) < 4.78 is 6.72. The molecule has 134 valence electrons. The van der Waals surface area contributed by atoms with Gasteiger partial charge in [0.15, 0.2) is 11.4 Å². The van der Waals surface area contributed by atoms with E-state index in [0.29, 0.717) is 0 Å². The minimum atomic E-state index is -0.367. The van der Waals surface area contributed by atoms with Gasteiger partial charge in [0.1, 0.15) is 5.69 Å². The Morgan fingerprint density at radius 1 is 0.714 bits per heavy atom. The van der Waals surface area contributed by atoms with E-state index in [4.69, 9.17) is 9.73 Å². The molecule has 0 fully saturated rings. The second kappa shape index (κ2) is 5.80. The van der Waals surface area contributed by atoms with Crippen LogP contribution in [0.5, 0.6) is 5.75 Å². The van der Waals surface area contributed by atoms with Crippen LogP contribution in [-0.4, -0.2) is 11.8 Å². The van der Waals surface area contributed by atoms with Crippen LogP contribution in [0.1, 0.15) is 11.1 Å². The van der Waals surface area contributed by atoms with Crippen molar-refractivity contribution in [1.29, 1.82) is 0 Å². The molecular weight excluding hydrogens is 342 g/mol. The number of hydrogen-bond donors (Lipinski definition) is 0. The first-order valence-electron chi connectivity index (χ1n) is 9.74. The van der Waals surface area contributed by atoms with Gasteiger partial charge in [0.25, 0.3) is 0 Å². The van der Waals surface area contributed by atoms with Crippen molar-refractivity contribution >= 4 is 22.7 Å². The van der Waals surface area contributed by atoms with Crippen LogP contribution in [0, 0.1) is 0 Å². The Morgan fingerprint density at radius 3 is 2.11 bits per heavy atom. The van der Waals surface area contributed by atoms with Crippen LogP contribution in [0.3, 0.4) is 0 Å². The molecule has 4 aromatic carbocycles. The number of ether oxygens (including phenoxy) is 1. The average Bonchev–Trinajstić information content (AvgIpc) is 3.11. The predicted molar refractivity (Wildman–Crippen MR) is 115 cm³/mol. The van der Waals surface area contributed by atoms with Gasteiger partial charge in [-0.2, -0.15) is 0 Å². The molecule has 1 heterocycles. The number of hydrogen-bond acceptors (Lipinski definition) is 2. The number of fused-ring (bicyclic) bond motifs is 4. The number of aliphatic imine (C=N–C) groups is 1. The number of benzene rings is 4. The van der Waals surface area contributed by atoms with E-state index in [1.807, 2.05) is 12.3 Å². The quantitative estimate of drug-likeness (QED) is 0.399. The van der Waals surface area contributed by atoms with E-state index in [0.717, 1.165) is 29.7 Å². The van der Waals surface area contributed by atoms with Crippen LogP contribution in [0.25, 0.3) is 21.9 Å². The molecule has 0 amide bonds. The molecule has 28 heavy (non-hydrogen) atoms. The molecule has 0 bridgehead atoms. The maximum absolute atomic E-state index is 6.72. The molecule has 4 aromatic rings. The maximum Gasteiger partial charge on any atom is 0.154 e. The molecule has 1 aliphatic carbocycles. The van der Waals surface area contributed by atoms with Gasteiger partial charge in [-0.25, -0.2) is 0 Å². The van der Waals surface area contributed by atoms with Crippen molar-refractivity contribution < 1.29 is 4.74 Å². The van der Waals surface area contributed by atoms with E-state index in [1.54, 1.807) is 0 Å². The molecule has 0 aromatic heterocycles. The second-order valence-corrected chi connectivity index (χ2v) is 7.73. The molecule has 0 unspecified atom stereocenters. The van der Waals surface area contributed by atoms with Crippen molar-refractivity contribution in [3.63, 3.8) is 0 Å². The Hall–Kier alpha value is -3.39. The number of rotatable bonds is 1. The SMILES string of the molecule is C1=Nc2cc(-c3ccccc3)c3ccccc3c2OC12Cc1ccccc1C2. The first-order chi connectivity index (χ1) is 13.8. The van der Waals surface area contributed by atoms with Gasteiger partial charge < -0.3 is 4.74 Å². The fraction of sp³-hybridized carbons (Fsp3) is 0.115. The van der Waals surface area contributed by atoms with E-state index >= 15 is 0 Å². The molecule has 0 saturated carbocycles. The lowest BCUT2D eigenvalue weighted by atomic mass is 9.94. The Labute approximate surface area is 164 Å². The molecule has 1 spiro atoms. The Morgan fingerprint density at radius 2 is 1.36 bits per heavy atom. The maximum atomic E-state index is 6.72. The monoisotopic (exact) mass is 361 g/mol. The highest BCUT2D eigenvalue weighted by Gasteiger charge is 2.40. The summed E-state index contributed by atoms with van der Waals surface area (Å²) in [5.41, 5.74) is 5.67. The van der Waals surface area contributed by atoms with Gasteiger partial charge in [0.2, 0.25) is 0 Å². The van der Waals surface area contributed by atoms with Crippen LogP contribution in [0.4, 0.5) is 5.69 Å². The fourth-order valence-electron chi connectivity index (χ4n) is 4.58. The molecule has 0 N–H and O–H groups in total. The molecule has 0 atom stereocenters. The summed E-state index contributed by atoms with van der Waals surface area (Å²) in [4.78, 5) is 4.90. The lowest BCUT2D eigenvalue weighted by Gasteiger charge is -2.31. The predicted octanol–water partition coefficient (Wildman–Crippen LogP) is 6.14. The largest absolute Gasteiger partial charge is 0.478 e. The molecule has 2 aliphatic rings. The minimum Gasteiger partial charge on any atom is -0.478 e.